The highest BCUT2D eigenvalue weighted by atomic mass is 16.2. The molecule has 0 spiro atoms. The highest BCUT2D eigenvalue weighted by Crippen LogP contribution is 2.11. The smallest absolute Gasteiger partial charge is 0.246 e. The molecule has 0 heterocycles. The van der Waals surface area contributed by atoms with Crippen LogP contribution in [0, 0.1) is 5.41 Å². The van der Waals surface area contributed by atoms with Gasteiger partial charge in [0.15, 0.2) is 0 Å². The van der Waals surface area contributed by atoms with Crippen LogP contribution in [0.1, 0.15) is 34.1 Å². The Morgan fingerprint density at radius 2 is 1.62 bits per heavy atom. The first kappa shape index (κ1) is 14.7. The average Bonchev–Trinajstić information content (AvgIpc) is 2.14. The maximum absolute atomic E-state index is 11.5. The summed E-state index contributed by atoms with van der Waals surface area (Å²) < 4.78 is 0. The van der Waals surface area contributed by atoms with E-state index in [1.807, 2.05) is 20.8 Å². The molecular formula is C12H22N2O2. The van der Waals surface area contributed by atoms with Crippen molar-refractivity contribution in [2.75, 3.05) is 13.1 Å². The van der Waals surface area contributed by atoms with Crippen molar-refractivity contribution in [1.29, 1.82) is 0 Å². The lowest BCUT2D eigenvalue weighted by Crippen LogP contribution is -2.36. The van der Waals surface area contributed by atoms with Gasteiger partial charge in [-0.3, -0.25) is 9.59 Å². The molecule has 0 aliphatic heterocycles. The van der Waals surface area contributed by atoms with Crippen molar-refractivity contribution in [1.82, 2.24) is 10.6 Å². The van der Waals surface area contributed by atoms with E-state index in [2.05, 4.69) is 17.2 Å². The zero-order valence-corrected chi connectivity index (χ0v) is 10.6. The molecule has 0 aromatic carbocycles. The Kier molecular flexibility index (Phi) is 5.78. The quantitative estimate of drug-likeness (QED) is 0.547. The maximum Gasteiger partial charge on any atom is 0.246 e. The second-order valence-corrected chi connectivity index (χ2v) is 4.90. The maximum atomic E-state index is 11.5. The molecule has 0 aliphatic carbocycles. The van der Waals surface area contributed by atoms with Crippen molar-refractivity contribution >= 4 is 11.8 Å². The summed E-state index contributed by atoms with van der Waals surface area (Å²) in [6, 6.07) is 0. The number of hydrogen-bond acceptors (Lipinski definition) is 2. The number of rotatable bonds is 5. The van der Waals surface area contributed by atoms with Crippen LogP contribution in [-0.2, 0) is 9.59 Å². The van der Waals surface area contributed by atoms with Crippen LogP contribution in [0.15, 0.2) is 12.2 Å². The minimum Gasteiger partial charge on any atom is -0.356 e. The van der Waals surface area contributed by atoms with Crippen LogP contribution in [0.4, 0.5) is 0 Å². The van der Waals surface area contributed by atoms with E-state index in [0.29, 0.717) is 18.7 Å². The molecule has 0 aromatic rings. The van der Waals surface area contributed by atoms with Crippen molar-refractivity contribution in [2.45, 2.75) is 34.1 Å². The van der Waals surface area contributed by atoms with Gasteiger partial charge in [-0.05, 0) is 13.3 Å². The molecule has 0 bridgehead atoms. The molecule has 2 N–H and O–H groups in total. The highest BCUT2D eigenvalue weighted by Gasteiger charge is 2.19. The predicted octanol–water partition coefficient (Wildman–Crippen LogP) is 1.23. The van der Waals surface area contributed by atoms with E-state index in [1.54, 1.807) is 6.92 Å². The molecule has 0 saturated heterocycles. The first-order valence-corrected chi connectivity index (χ1v) is 5.47. The van der Waals surface area contributed by atoms with Gasteiger partial charge in [0, 0.05) is 24.1 Å². The molecule has 0 aliphatic rings. The van der Waals surface area contributed by atoms with Crippen LogP contribution in [-0.4, -0.2) is 24.9 Å². The highest BCUT2D eigenvalue weighted by molar-refractivity contribution is 5.92. The Morgan fingerprint density at radius 3 is 2.06 bits per heavy atom. The minimum atomic E-state index is -0.360. The number of nitrogens with one attached hydrogen (secondary N) is 2. The van der Waals surface area contributed by atoms with Gasteiger partial charge < -0.3 is 10.6 Å². The van der Waals surface area contributed by atoms with E-state index in [0.717, 1.165) is 6.42 Å². The second-order valence-electron chi connectivity index (χ2n) is 4.90. The summed E-state index contributed by atoms with van der Waals surface area (Å²) in [6.07, 6.45) is 0.723. The van der Waals surface area contributed by atoms with Crippen LogP contribution < -0.4 is 10.6 Å². The lowest BCUT2D eigenvalue weighted by molar-refractivity contribution is -0.128. The fourth-order valence-corrected chi connectivity index (χ4v) is 0.908. The van der Waals surface area contributed by atoms with Gasteiger partial charge >= 0.3 is 0 Å². The van der Waals surface area contributed by atoms with E-state index < -0.39 is 0 Å². The first-order valence-electron chi connectivity index (χ1n) is 5.47. The van der Waals surface area contributed by atoms with Gasteiger partial charge in [0.1, 0.15) is 0 Å². The molecule has 0 saturated carbocycles. The Morgan fingerprint density at radius 1 is 1.12 bits per heavy atom. The third-order valence-electron chi connectivity index (χ3n) is 1.99. The normalized spacial score (nSPS) is 10.8. The van der Waals surface area contributed by atoms with E-state index >= 15 is 0 Å². The van der Waals surface area contributed by atoms with Gasteiger partial charge in [-0.15, -0.1) is 0 Å². The molecule has 2 amide bonds. The van der Waals surface area contributed by atoms with E-state index in [-0.39, 0.29) is 17.2 Å². The zero-order chi connectivity index (χ0) is 12.8. The Balaban J connectivity index is 3.59. The van der Waals surface area contributed by atoms with E-state index in [1.165, 1.54) is 0 Å². The van der Waals surface area contributed by atoms with Gasteiger partial charge in [-0.2, -0.15) is 0 Å². The molecule has 0 fully saturated rings. The van der Waals surface area contributed by atoms with E-state index in [9.17, 15) is 9.59 Å². The summed E-state index contributed by atoms with van der Waals surface area (Å²) in [6.45, 7) is 11.9. The van der Waals surface area contributed by atoms with Crippen molar-refractivity contribution in [3.05, 3.63) is 12.2 Å². The molecule has 16 heavy (non-hydrogen) atoms. The van der Waals surface area contributed by atoms with Crippen LogP contribution in [0.3, 0.4) is 0 Å². The van der Waals surface area contributed by atoms with Crippen molar-refractivity contribution in [3.63, 3.8) is 0 Å². The fourth-order valence-electron chi connectivity index (χ4n) is 0.908. The third-order valence-corrected chi connectivity index (χ3v) is 1.99. The van der Waals surface area contributed by atoms with Gasteiger partial charge in [-0.1, -0.05) is 27.4 Å². The average molecular weight is 226 g/mol. The SMILES string of the molecule is C=C(C)C(=O)NCCCNC(=O)C(C)(C)C. The number of carbonyl (C=O) groups excluding carboxylic acids is 2. The largest absolute Gasteiger partial charge is 0.356 e. The summed E-state index contributed by atoms with van der Waals surface area (Å²) in [4.78, 5) is 22.6. The Bertz CT molecular complexity index is 277. The standard InChI is InChI=1S/C12H22N2O2/c1-9(2)10(15)13-7-6-8-14-11(16)12(3,4)5/h1,6-8H2,2-5H3,(H,13,15)(H,14,16). The summed E-state index contributed by atoms with van der Waals surface area (Å²) in [7, 11) is 0. The van der Waals surface area contributed by atoms with Gasteiger partial charge in [0.2, 0.25) is 11.8 Å². The van der Waals surface area contributed by atoms with Gasteiger partial charge in [0.25, 0.3) is 0 Å². The predicted molar refractivity (Wildman–Crippen MR) is 64.9 cm³/mol. The lowest BCUT2D eigenvalue weighted by Gasteiger charge is -2.17. The molecule has 92 valence electrons. The molecule has 0 atom stereocenters. The third kappa shape index (κ3) is 6.22. The monoisotopic (exact) mass is 226 g/mol. The molecule has 0 radical (unpaired) electrons. The number of hydrogen-bond donors (Lipinski definition) is 2. The molecule has 0 unspecified atom stereocenters. The second kappa shape index (κ2) is 6.30. The molecule has 0 rings (SSSR count). The fraction of sp³-hybridized carbons (Fsp3) is 0.667. The summed E-state index contributed by atoms with van der Waals surface area (Å²) in [5, 5.41) is 5.52. The minimum absolute atomic E-state index is 0.0266. The zero-order valence-electron chi connectivity index (χ0n) is 10.6. The number of carbonyl (C=O) groups is 2. The first-order chi connectivity index (χ1) is 7.25. The topological polar surface area (TPSA) is 58.2 Å². The number of amides is 2. The molecule has 0 aromatic heterocycles. The van der Waals surface area contributed by atoms with E-state index in [4.69, 9.17) is 0 Å². The Hall–Kier alpha value is -1.32. The van der Waals surface area contributed by atoms with Crippen LogP contribution in [0.2, 0.25) is 0 Å². The molecule has 4 nitrogen and oxygen atoms in total. The van der Waals surface area contributed by atoms with Crippen LogP contribution >= 0.6 is 0 Å². The summed E-state index contributed by atoms with van der Waals surface area (Å²) >= 11 is 0. The molecular weight excluding hydrogens is 204 g/mol. The van der Waals surface area contributed by atoms with Crippen LogP contribution in [0.5, 0.6) is 0 Å². The van der Waals surface area contributed by atoms with Crippen LogP contribution in [0.25, 0.3) is 0 Å². The molecule has 4 heteroatoms. The Labute approximate surface area is 97.5 Å². The van der Waals surface area contributed by atoms with Crippen molar-refractivity contribution in [2.24, 2.45) is 5.41 Å². The van der Waals surface area contributed by atoms with Gasteiger partial charge in [-0.25, -0.2) is 0 Å². The summed E-state index contributed by atoms with van der Waals surface area (Å²) in [5.74, 6) is -0.110. The van der Waals surface area contributed by atoms with Crippen molar-refractivity contribution in [3.8, 4) is 0 Å². The van der Waals surface area contributed by atoms with Crippen molar-refractivity contribution < 1.29 is 9.59 Å². The summed E-state index contributed by atoms with van der Waals surface area (Å²) in [5.41, 5.74) is 0.139. The van der Waals surface area contributed by atoms with Gasteiger partial charge in [0.05, 0.1) is 0 Å². The lowest BCUT2D eigenvalue weighted by atomic mass is 9.96.